The van der Waals surface area contributed by atoms with E-state index in [0.29, 0.717) is 16.7 Å². The Labute approximate surface area is 178 Å². The van der Waals surface area contributed by atoms with Gasteiger partial charge in [0, 0.05) is 5.69 Å². The summed E-state index contributed by atoms with van der Waals surface area (Å²) in [5.41, 5.74) is 2.55. The van der Waals surface area contributed by atoms with E-state index in [9.17, 15) is 18.3 Å². The van der Waals surface area contributed by atoms with E-state index in [0.717, 1.165) is 5.56 Å². The number of sulfonamides is 1. The Morgan fingerprint density at radius 1 is 0.839 bits per heavy atom. The summed E-state index contributed by atoms with van der Waals surface area (Å²) in [6.45, 7) is 1.87. The predicted molar refractivity (Wildman–Crippen MR) is 116 cm³/mol. The van der Waals surface area contributed by atoms with Crippen molar-refractivity contribution in [3.05, 3.63) is 83.9 Å². The molecule has 3 aromatic carbocycles. The number of hydrogen-bond donors (Lipinski definition) is 2. The smallest absolute Gasteiger partial charge is 0.263 e. The Balaban J connectivity index is 1.74. The van der Waals surface area contributed by atoms with Gasteiger partial charge in [0.05, 0.1) is 21.9 Å². The first-order valence-corrected chi connectivity index (χ1v) is 10.7. The summed E-state index contributed by atoms with van der Waals surface area (Å²) in [4.78, 5) is 20.0. The van der Waals surface area contributed by atoms with Gasteiger partial charge in [-0.3, -0.25) is 4.72 Å². The number of hydrogen-bond acceptors (Lipinski definition) is 7. The second kappa shape index (κ2) is 8.04. The fourth-order valence-corrected chi connectivity index (χ4v) is 3.90. The van der Waals surface area contributed by atoms with Gasteiger partial charge in [-0.25, -0.2) is 18.4 Å². The van der Waals surface area contributed by atoms with Crippen molar-refractivity contribution in [2.45, 2.75) is 11.8 Å². The summed E-state index contributed by atoms with van der Waals surface area (Å²) in [5.74, 6) is -1.09. The van der Waals surface area contributed by atoms with Crippen LogP contribution in [0.2, 0.25) is 0 Å². The molecule has 0 unspecified atom stereocenters. The molecular weight excluding hydrogens is 416 g/mol. The van der Waals surface area contributed by atoms with Gasteiger partial charge in [0.2, 0.25) is 0 Å². The number of carboxylic acids is 1. The molecular formula is C22H17N4O4S-. The van der Waals surface area contributed by atoms with Crippen molar-refractivity contribution >= 4 is 44.3 Å². The number of anilines is 3. The zero-order valence-corrected chi connectivity index (χ0v) is 17.2. The number of rotatable bonds is 6. The zero-order chi connectivity index (χ0) is 22.0. The van der Waals surface area contributed by atoms with Crippen LogP contribution in [0.4, 0.5) is 17.3 Å². The molecule has 4 aromatic rings. The number of benzene rings is 3. The molecule has 4 rings (SSSR count). The maximum absolute atomic E-state index is 12.9. The number of fused-ring (bicyclic) bond motifs is 1. The van der Waals surface area contributed by atoms with Crippen LogP contribution in [-0.4, -0.2) is 24.4 Å². The maximum Gasteiger partial charge on any atom is 0.263 e. The fraction of sp³-hybridized carbons (Fsp3) is 0.0455. The van der Waals surface area contributed by atoms with E-state index in [1.807, 2.05) is 6.92 Å². The molecule has 0 radical (unpaired) electrons. The Bertz CT molecular complexity index is 1370. The second-order valence-electron chi connectivity index (χ2n) is 6.82. The number of carbonyl (C=O) groups is 1. The zero-order valence-electron chi connectivity index (χ0n) is 16.4. The largest absolute Gasteiger partial charge is 0.545 e. The number of carboxylic acid groups (broad SMARTS) is 1. The van der Waals surface area contributed by atoms with Gasteiger partial charge in [0.1, 0.15) is 0 Å². The molecule has 0 aliphatic rings. The summed E-state index contributed by atoms with van der Waals surface area (Å²) < 4.78 is 28.3. The molecule has 0 bridgehead atoms. The fourth-order valence-electron chi connectivity index (χ4n) is 2.89. The molecule has 1 heterocycles. The highest BCUT2D eigenvalue weighted by Crippen LogP contribution is 2.27. The first-order chi connectivity index (χ1) is 14.8. The average Bonchev–Trinajstić information content (AvgIpc) is 2.74. The number of nitrogens with zero attached hydrogens (tertiary/aromatic N) is 2. The van der Waals surface area contributed by atoms with Crippen LogP contribution in [0.1, 0.15) is 15.9 Å². The van der Waals surface area contributed by atoms with Crippen molar-refractivity contribution < 1.29 is 18.3 Å². The van der Waals surface area contributed by atoms with E-state index in [2.05, 4.69) is 20.0 Å². The van der Waals surface area contributed by atoms with Crippen molar-refractivity contribution in [1.82, 2.24) is 9.97 Å². The number of aromatic nitrogens is 2. The van der Waals surface area contributed by atoms with Crippen molar-refractivity contribution in [3.63, 3.8) is 0 Å². The molecule has 0 saturated heterocycles. The van der Waals surface area contributed by atoms with E-state index < -0.39 is 16.0 Å². The van der Waals surface area contributed by atoms with Crippen LogP contribution < -0.4 is 15.1 Å². The van der Waals surface area contributed by atoms with E-state index in [1.165, 1.54) is 36.4 Å². The Morgan fingerprint density at radius 2 is 1.42 bits per heavy atom. The van der Waals surface area contributed by atoms with E-state index in [1.54, 1.807) is 36.4 Å². The summed E-state index contributed by atoms with van der Waals surface area (Å²) in [6.07, 6.45) is 0. The third-order valence-corrected chi connectivity index (χ3v) is 5.87. The van der Waals surface area contributed by atoms with Crippen LogP contribution in [0.3, 0.4) is 0 Å². The maximum atomic E-state index is 12.9. The summed E-state index contributed by atoms with van der Waals surface area (Å²) in [6, 6.07) is 19.3. The molecule has 31 heavy (non-hydrogen) atoms. The summed E-state index contributed by atoms with van der Waals surface area (Å²) >= 11 is 0. The van der Waals surface area contributed by atoms with Gasteiger partial charge < -0.3 is 15.2 Å². The lowest BCUT2D eigenvalue weighted by molar-refractivity contribution is -0.255. The molecule has 0 spiro atoms. The number of aromatic carboxylic acids is 1. The third kappa shape index (κ3) is 4.46. The molecule has 0 aliphatic carbocycles. The molecule has 9 heteroatoms. The van der Waals surface area contributed by atoms with Crippen LogP contribution in [-0.2, 0) is 10.0 Å². The standard InChI is InChI=1S/C22H18N4O4S/c1-14-6-12-17(13-7-14)31(29,30)26-21-20(24-18-4-2-3-5-19(18)25-21)23-16-10-8-15(9-11-16)22(27)28/h2-13H,1H3,(H,23,24)(H,25,26)(H,27,28)/p-1. The minimum atomic E-state index is -3.91. The van der Waals surface area contributed by atoms with E-state index in [-0.39, 0.29) is 22.1 Å². The van der Waals surface area contributed by atoms with Crippen LogP contribution >= 0.6 is 0 Å². The SMILES string of the molecule is Cc1ccc(S(=O)(=O)Nc2nc3ccccc3nc2Nc2ccc(C(=O)[O-])cc2)cc1. The molecule has 0 atom stereocenters. The highest BCUT2D eigenvalue weighted by atomic mass is 32.2. The summed E-state index contributed by atoms with van der Waals surface area (Å²) in [7, 11) is -3.91. The highest BCUT2D eigenvalue weighted by Gasteiger charge is 2.19. The number of para-hydroxylation sites is 2. The average molecular weight is 433 g/mol. The first kappa shape index (κ1) is 20.3. The lowest BCUT2D eigenvalue weighted by atomic mass is 10.2. The molecule has 1 aromatic heterocycles. The van der Waals surface area contributed by atoms with Crippen molar-refractivity contribution in [2.75, 3.05) is 10.0 Å². The quantitative estimate of drug-likeness (QED) is 0.479. The number of nitrogens with one attached hydrogen (secondary N) is 2. The first-order valence-electron chi connectivity index (χ1n) is 9.26. The Kier molecular flexibility index (Phi) is 5.26. The number of aryl methyl sites for hydroxylation is 1. The van der Waals surface area contributed by atoms with Crippen molar-refractivity contribution in [3.8, 4) is 0 Å². The molecule has 0 saturated carbocycles. The third-order valence-electron chi connectivity index (χ3n) is 4.52. The Hall–Kier alpha value is -3.98. The Morgan fingerprint density at radius 3 is 2.00 bits per heavy atom. The molecule has 156 valence electrons. The molecule has 0 aliphatic heterocycles. The summed E-state index contributed by atoms with van der Waals surface area (Å²) in [5, 5.41) is 14.0. The minimum absolute atomic E-state index is 0.0169. The van der Waals surface area contributed by atoms with Crippen LogP contribution in [0.25, 0.3) is 11.0 Å². The van der Waals surface area contributed by atoms with Gasteiger partial charge in [0.25, 0.3) is 10.0 Å². The van der Waals surface area contributed by atoms with Gasteiger partial charge >= 0.3 is 0 Å². The topological polar surface area (TPSA) is 124 Å². The van der Waals surface area contributed by atoms with E-state index in [4.69, 9.17) is 0 Å². The second-order valence-corrected chi connectivity index (χ2v) is 8.50. The van der Waals surface area contributed by atoms with Crippen LogP contribution in [0.15, 0.2) is 77.7 Å². The predicted octanol–water partition coefficient (Wildman–Crippen LogP) is 2.85. The van der Waals surface area contributed by atoms with E-state index >= 15 is 0 Å². The van der Waals surface area contributed by atoms with Crippen LogP contribution in [0, 0.1) is 6.92 Å². The van der Waals surface area contributed by atoms with Gasteiger partial charge in [-0.05, 0) is 48.9 Å². The van der Waals surface area contributed by atoms with Gasteiger partial charge in [-0.2, -0.15) is 0 Å². The molecule has 2 N–H and O–H groups in total. The normalized spacial score (nSPS) is 11.3. The molecule has 8 nitrogen and oxygen atoms in total. The van der Waals surface area contributed by atoms with Gasteiger partial charge in [0.15, 0.2) is 11.6 Å². The molecule has 0 fully saturated rings. The highest BCUT2D eigenvalue weighted by molar-refractivity contribution is 7.92. The molecule has 0 amide bonds. The van der Waals surface area contributed by atoms with Gasteiger partial charge in [-0.15, -0.1) is 0 Å². The lowest BCUT2D eigenvalue weighted by Gasteiger charge is -2.14. The van der Waals surface area contributed by atoms with Crippen molar-refractivity contribution in [1.29, 1.82) is 0 Å². The van der Waals surface area contributed by atoms with Crippen molar-refractivity contribution in [2.24, 2.45) is 0 Å². The van der Waals surface area contributed by atoms with Crippen LogP contribution in [0.5, 0.6) is 0 Å². The van der Waals surface area contributed by atoms with Gasteiger partial charge in [-0.1, -0.05) is 42.0 Å². The monoisotopic (exact) mass is 433 g/mol. The lowest BCUT2D eigenvalue weighted by Crippen LogP contribution is -2.21. The minimum Gasteiger partial charge on any atom is -0.545 e. The number of carbonyl (C=O) groups excluding carboxylic acids is 1.